The van der Waals surface area contributed by atoms with Gasteiger partial charge in [0.1, 0.15) is 11.5 Å². The maximum atomic E-state index is 9.84. The van der Waals surface area contributed by atoms with Gasteiger partial charge in [0.05, 0.1) is 0 Å². The predicted molar refractivity (Wildman–Crippen MR) is 74.6 cm³/mol. The molecule has 0 spiro atoms. The van der Waals surface area contributed by atoms with E-state index in [4.69, 9.17) is 0 Å². The molecule has 5 nitrogen and oxygen atoms in total. The van der Waals surface area contributed by atoms with E-state index in [2.05, 4.69) is 19.9 Å². The molecule has 0 radical (unpaired) electrons. The van der Waals surface area contributed by atoms with E-state index in [0.29, 0.717) is 11.5 Å². The van der Waals surface area contributed by atoms with Crippen LogP contribution in [0.2, 0.25) is 0 Å². The van der Waals surface area contributed by atoms with Gasteiger partial charge in [-0.3, -0.25) is 0 Å². The molecule has 0 fully saturated rings. The summed E-state index contributed by atoms with van der Waals surface area (Å²) >= 11 is 0. The summed E-state index contributed by atoms with van der Waals surface area (Å²) in [6.07, 6.45) is 5.29. The Labute approximate surface area is 110 Å². The van der Waals surface area contributed by atoms with Gasteiger partial charge in [0.2, 0.25) is 5.88 Å². The Morgan fingerprint density at radius 1 is 1.37 bits per heavy atom. The number of nitrogens with zero attached hydrogens (tertiary/aromatic N) is 3. The molecule has 0 saturated carbocycles. The van der Waals surface area contributed by atoms with Gasteiger partial charge in [0, 0.05) is 29.5 Å². The summed E-state index contributed by atoms with van der Waals surface area (Å²) in [5.41, 5.74) is 2.47. The normalized spacial score (nSPS) is 15.4. The molecule has 1 aliphatic heterocycles. The Morgan fingerprint density at radius 3 is 2.95 bits per heavy atom. The first kappa shape index (κ1) is 11.6. The molecule has 2 N–H and O–H groups in total. The van der Waals surface area contributed by atoms with Crippen molar-refractivity contribution < 1.29 is 5.11 Å². The molecule has 3 heterocycles. The van der Waals surface area contributed by atoms with Gasteiger partial charge >= 0.3 is 0 Å². The number of aromatic nitrogens is 3. The number of rotatable bonds is 2. The van der Waals surface area contributed by atoms with Gasteiger partial charge in [-0.05, 0) is 18.2 Å². The zero-order chi connectivity index (χ0) is 13.4. The van der Waals surface area contributed by atoms with Crippen LogP contribution in [0.25, 0.3) is 11.6 Å². The number of imidazole rings is 1. The monoisotopic (exact) mass is 254 g/mol. The van der Waals surface area contributed by atoms with Crippen LogP contribution in [0.4, 0.5) is 5.82 Å². The van der Waals surface area contributed by atoms with Crippen molar-refractivity contribution in [3.63, 3.8) is 0 Å². The number of aliphatic imine (C=N–C) groups is 1. The average molecular weight is 254 g/mol. The SMILES string of the molecule is CC(C)c1nc(O)c(C=C2C=Nc3ncccc32)[nH]1. The fourth-order valence-corrected chi connectivity index (χ4v) is 1.97. The molecule has 96 valence electrons. The summed E-state index contributed by atoms with van der Waals surface area (Å²) in [6, 6.07) is 3.83. The molecule has 0 aromatic carbocycles. The minimum atomic E-state index is 0.0157. The zero-order valence-corrected chi connectivity index (χ0v) is 10.8. The van der Waals surface area contributed by atoms with Crippen LogP contribution in [0.3, 0.4) is 0 Å². The third kappa shape index (κ3) is 2.03. The van der Waals surface area contributed by atoms with Gasteiger partial charge in [-0.25, -0.2) is 9.98 Å². The smallest absolute Gasteiger partial charge is 0.237 e. The van der Waals surface area contributed by atoms with Crippen LogP contribution in [0.15, 0.2) is 23.3 Å². The standard InChI is InChI=1S/C14H14N4O/c1-8(2)12-17-11(14(19)18-12)6-9-7-16-13-10(9)4-3-5-15-13/h3-8,19H,1-2H3,(H,17,18). The van der Waals surface area contributed by atoms with Crippen molar-refractivity contribution in [2.45, 2.75) is 19.8 Å². The molecular weight excluding hydrogens is 240 g/mol. The highest BCUT2D eigenvalue weighted by Crippen LogP contribution is 2.31. The Morgan fingerprint density at radius 2 is 2.21 bits per heavy atom. The molecule has 3 rings (SSSR count). The Kier molecular flexibility index (Phi) is 2.67. The molecule has 0 unspecified atom stereocenters. The molecule has 2 aromatic rings. The third-order valence-electron chi connectivity index (χ3n) is 3.00. The number of pyridine rings is 1. The van der Waals surface area contributed by atoms with Gasteiger partial charge < -0.3 is 10.1 Å². The van der Waals surface area contributed by atoms with Gasteiger partial charge in [-0.2, -0.15) is 4.98 Å². The van der Waals surface area contributed by atoms with E-state index in [1.54, 1.807) is 12.4 Å². The molecule has 0 amide bonds. The van der Waals surface area contributed by atoms with Gasteiger partial charge in [0.15, 0.2) is 5.82 Å². The van der Waals surface area contributed by atoms with Crippen LogP contribution in [-0.2, 0) is 0 Å². The van der Waals surface area contributed by atoms with E-state index in [0.717, 1.165) is 17.0 Å². The molecule has 19 heavy (non-hydrogen) atoms. The second-order valence-corrected chi connectivity index (χ2v) is 4.75. The maximum Gasteiger partial charge on any atom is 0.237 e. The maximum absolute atomic E-state index is 9.84. The zero-order valence-electron chi connectivity index (χ0n) is 10.8. The highest BCUT2D eigenvalue weighted by molar-refractivity contribution is 6.20. The average Bonchev–Trinajstić information content (AvgIpc) is 2.96. The lowest BCUT2D eigenvalue weighted by atomic mass is 10.1. The van der Waals surface area contributed by atoms with Crippen molar-refractivity contribution in [1.82, 2.24) is 15.0 Å². The summed E-state index contributed by atoms with van der Waals surface area (Å²) in [7, 11) is 0. The van der Waals surface area contributed by atoms with E-state index in [1.165, 1.54) is 0 Å². The van der Waals surface area contributed by atoms with Crippen molar-refractivity contribution in [2.24, 2.45) is 4.99 Å². The third-order valence-corrected chi connectivity index (χ3v) is 3.00. The van der Waals surface area contributed by atoms with Crippen LogP contribution >= 0.6 is 0 Å². The quantitative estimate of drug-likeness (QED) is 0.865. The van der Waals surface area contributed by atoms with E-state index < -0.39 is 0 Å². The van der Waals surface area contributed by atoms with Crippen molar-refractivity contribution in [2.75, 3.05) is 0 Å². The molecular formula is C14H14N4O. The minimum Gasteiger partial charge on any atom is -0.492 e. The number of hydrogen-bond donors (Lipinski definition) is 2. The van der Waals surface area contributed by atoms with E-state index in [-0.39, 0.29) is 11.8 Å². The first-order valence-electron chi connectivity index (χ1n) is 6.15. The van der Waals surface area contributed by atoms with Crippen LogP contribution < -0.4 is 0 Å². The van der Waals surface area contributed by atoms with E-state index >= 15 is 0 Å². The van der Waals surface area contributed by atoms with Crippen LogP contribution in [0.5, 0.6) is 5.88 Å². The van der Waals surface area contributed by atoms with Crippen molar-refractivity contribution in [3.05, 3.63) is 35.4 Å². The Balaban J connectivity index is 2.02. The molecule has 0 bridgehead atoms. The lowest BCUT2D eigenvalue weighted by molar-refractivity contribution is 0.453. The summed E-state index contributed by atoms with van der Waals surface area (Å²) < 4.78 is 0. The number of hydrogen-bond acceptors (Lipinski definition) is 4. The van der Waals surface area contributed by atoms with Crippen molar-refractivity contribution in [3.8, 4) is 5.88 Å². The van der Waals surface area contributed by atoms with E-state index in [9.17, 15) is 5.11 Å². The highest BCUT2D eigenvalue weighted by atomic mass is 16.3. The molecule has 0 atom stereocenters. The van der Waals surface area contributed by atoms with Crippen LogP contribution in [0, 0.1) is 0 Å². The van der Waals surface area contributed by atoms with Crippen LogP contribution in [0.1, 0.15) is 36.8 Å². The van der Waals surface area contributed by atoms with Crippen LogP contribution in [-0.4, -0.2) is 26.3 Å². The lowest BCUT2D eigenvalue weighted by Crippen LogP contribution is -1.89. The number of fused-ring (bicyclic) bond motifs is 1. The fraction of sp³-hybridized carbons (Fsp3) is 0.214. The Bertz CT molecular complexity index is 683. The molecule has 1 aliphatic rings. The number of aromatic amines is 1. The number of H-pyrrole nitrogens is 1. The number of nitrogens with one attached hydrogen (secondary N) is 1. The topological polar surface area (TPSA) is 74.2 Å². The van der Waals surface area contributed by atoms with Crippen molar-refractivity contribution in [1.29, 1.82) is 0 Å². The molecule has 2 aromatic heterocycles. The highest BCUT2D eigenvalue weighted by Gasteiger charge is 2.15. The number of allylic oxidation sites excluding steroid dienone is 1. The molecule has 5 heteroatoms. The minimum absolute atomic E-state index is 0.0157. The molecule has 0 aliphatic carbocycles. The Hall–Kier alpha value is -2.43. The van der Waals surface area contributed by atoms with Gasteiger partial charge in [-0.1, -0.05) is 13.8 Å². The second kappa shape index (κ2) is 4.35. The first-order chi connectivity index (χ1) is 9.15. The number of aromatic hydroxyl groups is 1. The fourth-order valence-electron chi connectivity index (χ4n) is 1.97. The summed E-state index contributed by atoms with van der Waals surface area (Å²) in [5.74, 6) is 1.73. The summed E-state index contributed by atoms with van der Waals surface area (Å²) in [5, 5.41) is 9.84. The van der Waals surface area contributed by atoms with Crippen molar-refractivity contribution >= 4 is 23.7 Å². The van der Waals surface area contributed by atoms with Gasteiger partial charge in [0.25, 0.3) is 0 Å². The largest absolute Gasteiger partial charge is 0.492 e. The van der Waals surface area contributed by atoms with Gasteiger partial charge in [-0.15, -0.1) is 0 Å². The lowest BCUT2D eigenvalue weighted by Gasteiger charge is -1.98. The molecule has 0 saturated heterocycles. The predicted octanol–water partition coefficient (Wildman–Crippen LogP) is 2.89. The second-order valence-electron chi connectivity index (χ2n) is 4.75. The summed E-state index contributed by atoms with van der Waals surface area (Å²) in [4.78, 5) is 15.6. The summed E-state index contributed by atoms with van der Waals surface area (Å²) in [6.45, 7) is 4.04. The first-order valence-corrected chi connectivity index (χ1v) is 6.15. The van der Waals surface area contributed by atoms with E-state index in [1.807, 2.05) is 32.1 Å².